The van der Waals surface area contributed by atoms with Crippen molar-refractivity contribution >= 4 is 11.8 Å². The summed E-state index contributed by atoms with van der Waals surface area (Å²) in [4.78, 5) is 25.7. The highest BCUT2D eigenvalue weighted by atomic mass is 16.2. The van der Waals surface area contributed by atoms with Crippen molar-refractivity contribution in [1.82, 2.24) is 19.8 Å². The summed E-state index contributed by atoms with van der Waals surface area (Å²) < 4.78 is 1.75. The fraction of sp³-hybridized carbons (Fsp3) is 0.421. The molecule has 1 aliphatic heterocycles. The highest BCUT2D eigenvalue weighted by molar-refractivity contribution is 5.97. The van der Waals surface area contributed by atoms with E-state index in [1.54, 1.807) is 20.9 Å². The van der Waals surface area contributed by atoms with Gasteiger partial charge in [-0.3, -0.25) is 14.6 Å². The predicted octanol–water partition coefficient (Wildman–Crippen LogP) is 2.82. The average molecular weight is 340 g/mol. The van der Waals surface area contributed by atoms with Crippen molar-refractivity contribution in [2.75, 3.05) is 13.1 Å². The van der Waals surface area contributed by atoms with E-state index in [9.17, 15) is 9.59 Å². The standard InChI is InChI=1S/C19H24N4O2/c1-14-16(13-20-23(14)15-9-6-5-7-10-15)17(24)21-11-8-12-22(21)18(25)19(2,3)4/h5-7,9-10,13H,8,11-12H2,1-4H3. The summed E-state index contributed by atoms with van der Waals surface area (Å²) in [6.45, 7) is 8.61. The predicted molar refractivity (Wildman–Crippen MR) is 95.1 cm³/mol. The zero-order valence-electron chi connectivity index (χ0n) is 15.2. The minimum Gasteiger partial charge on any atom is -0.272 e. The van der Waals surface area contributed by atoms with Gasteiger partial charge in [-0.2, -0.15) is 5.10 Å². The van der Waals surface area contributed by atoms with E-state index in [0.717, 1.165) is 17.8 Å². The number of aromatic nitrogens is 2. The third-order valence-corrected chi connectivity index (χ3v) is 4.38. The number of hydrogen-bond acceptors (Lipinski definition) is 3. The average Bonchev–Trinajstić information content (AvgIpc) is 3.20. The molecule has 2 heterocycles. The molecule has 0 aliphatic carbocycles. The van der Waals surface area contributed by atoms with Crippen molar-refractivity contribution in [2.45, 2.75) is 34.1 Å². The van der Waals surface area contributed by atoms with E-state index >= 15 is 0 Å². The van der Waals surface area contributed by atoms with Crippen LogP contribution in [-0.2, 0) is 4.79 Å². The number of carbonyl (C=O) groups is 2. The van der Waals surface area contributed by atoms with E-state index in [4.69, 9.17) is 0 Å². The quantitative estimate of drug-likeness (QED) is 0.845. The third-order valence-electron chi connectivity index (χ3n) is 4.38. The Morgan fingerprint density at radius 2 is 1.68 bits per heavy atom. The van der Waals surface area contributed by atoms with Crippen LogP contribution in [0.1, 0.15) is 43.2 Å². The maximum absolute atomic E-state index is 13.0. The Balaban J connectivity index is 1.89. The molecule has 1 saturated heterocycles. The molecule has 3 rings (SSSR count). The van der Waals surface area contributed by atoms with Crippen molar-refractivity contribution in [3.8, 4) is 5.69 Å². The molecular formula is C19H24N4O2. The molecule has 1 aliphatic rings. The second kappa shape index (κ2) is 6.35. The first-order chi connectivity index (χ1) is 11.8. The molecule has 2 aromatic rings. The van der Waals surface area contributed by atoms with E-state index in [-0.39, 0.29) is 11.8 Å². The first kappa shape index (κ1) is 17.2. The maximum atomic E-state index is 13.0. The van der Waals surface area contributed by atoms with Crippen LogP contribution in [0.4, 0.5) is 0 Å². The SMILES string of the molecule is Cc1c(C(=O)N2CCCN2C(=O)C(C)(C)C)cnn1-c1ccccc1. The fourth-order valence-corrected chi connectivity index (χ4v) is 3.01. The van der Waals surface area contributed by atoms with Crippen LogP contribution < -0.4 is 0 Å². The Kier molecular flexibility index (Phi) is 4.37. The molecular weight excluding hydrogens is 316 g/mol. The summed E-state index contributed by atoms with van der Waals surface area (Å²) in [6.07, 6.45) is 2.38. The Morgan fingerprint density at radius 3 is 2.32 bits per heavy atom. The summed E-state index contributed by atoms with van der Waals surface area (Å²) >= 11 is 0. The molecule has 0 unspecified atom stereocenters. The van der Waals surface area contributed by atoms with Crippen molar-refractivity contribution < 1.29 is 9.59 Å². The Labute approximate surface area is 148 Å². The number of para-hydroxylation sites is 1. The van der Waals surface area contributed by atoms with Crippen LogP contribution >= 0.6 is 0 Å². The number of carbonyl (C=O) groups excluding carboxylic acids is 2. The van der Waals surface area contributed by atoms with Gasteiger partial charge >= 0.3 is 0 Å². The molecule has 6 heteroatoms. The minimum atomic E-state index is -0.522. The molecule has 0 spiro atoms. The smallest absolute Gasteiger partial charge is 0.272 e. The number of hydrazine groups is 1. The van der Waals surface area contributed by atoms with Crippen LogP contribution in [0.15, 0.2) is 36.5 Å². The Hall–Kier alpha value is -2.63. The molecule has 0 saturated carbocycles. The molecule has 1 fully saturated rings. The molecule has 1 aromatic heterocycles. The summed E-state index contributed by atoms with van der Waals surface area (Å²) in [5, 5.41) is 7.51. The number of nitrogens with zero attached hydrogens (tertiary/aromatic N) is 4. The Bertz CT molecular complexity index is 790. The molecule has 25 heavy (non-hydrogen) atoms. The molecule has 0 N–H and O–H groups in total. The van der Waals surface area contributed by atoms with Gasteiger partial charge < -0.3 is 0 Å². The van der Waals surface area contributed by atoms with E-state index in [0.29, 0.717) is 18.7 Å². The monoisotopic (exact) mass is 340 g/mol. The highest BCUT2D eigenvalue weighted by Crippen LogP contribution is 2.25. The summed E-state index contributed by atoms with van der Waals surface area (Å²) in [7, 11) is 0. The topological polar surface area (TPSA) is 58.4 Å². The van der Waals surface area contributed by atoms with Crippen LogP contribution in [0.3, 0.4) is 0 Å². The third kappa shape index (κ3) is 3.16. The van der Waals surface area contributed by atoms with Gasteiger partial charge in [0.2, 0.25) is 5.91 Å². The van der Waals surface area contributed by atoms with Gasteiger partial charge in [0.15, 0.2) is 0 Å². The normalized spacial score (nSPS) is 14.9. The largest absolute Gasteiger partial charge is 0.275 e. The van der Waals surface area contributed by atoms with Gasteiger partial charge in [0.05, 0.1) is 23.1 Å². The van der Waals surface area contributed by atoms with Crippen LogP contribution in [-0.4, -0.2) is 44.7 Å². The molecule has 0 bridgehead atoms. The zero-order valence-corrected chi connectivity index (χ0v) is 15.2. The van der Waals surface area contributed by atoms with Gasteiger partial charge in [0.1, 0.15) is 0 Å². The van der Waals surface area contributed by atoms with Gasteiger partial charge in [-0.25, -0.2) is 9.69 Å². The van der Waals surface area contributed by atoms with Crippen molar-refractivity contribution in [1.29, 1.82) is 0 Å². The van der Waals surface area contributed by atoms with Crippen LogP contribution in [0.5, 0.6) is 0 Å². The van der Waals surface area contributed by atoms with Gasteiger partial charge in [-0.15, -0.1) is 0 Å². The lowest BCUT2D eigenvalue weighted by Crippen LogP contribution is -2.49. The lowest BCUT2D eigenvalue weighted by atomic mass is 9.95. The second-order valence-corrected chi connectivity index (χ2v) is 7.35. The Morgan fingerprint density at radius 1 is 1.04 bits per heavy atom. The minimum absolute atomic E-state index is 0.0357. The van der Waals surface area contributed by atoms with Crippen LogP contribution in [0.2, 0.25) is 0 Å². The summed E-state index contributed by atoms with van der Waals surface area (Å²) in [6, 6.07) is 9.69. The maximum Gasteiger partial charge on any atom is 0.275 e. The molecule has 1 aromatic carbocycles. The summed E-state index contributed by atoms with van der Waals surface area (Å²) in [5.74, 6) is -0.207. The van der Waals surface area contributed by atoms with E-state index in [1.807, 2.05) is 58.0 Å². The van der Waals surface area contributed by atoms with Crippen molar-refractivity contribution in [3.05, 3.63) is 47.8 Å². The van der Waals surface area contributed by atoms with E-state index < -0.39 is 5.41 Å². The molecule has 6 nitrogen and oxygen atoms in total. The number of amides is 2. The fourth-order valence-electron chi connectivity index (χ4n) is 3.01. The van der Waals surface area contributed by atoms with E-state index in [1.165, 1.54) is 0 Å². The lowest BCUT2D eigenvalue weighted by molar-refractivity contribution is -0.149. The summed E-state index contributed by atoms with van der Waals surface area (Å²) in [5.41, 5.74) is 1.68. The number of benzene rings is 1. The highest BCUT2D eigenvalue weighted by Gasteiger charge is 2.37. The molecule has 2 amide bonds. The second-order valence-electron chi connectivity index (χ2n) is 7.35. The van der Waals surface area contributed by atoms with E-state index in [2.05, 4.69) is 5.10 Å². The van der Waals surface area contributed by atoms with Crippen molar-refractivity contribution in [3.63, 3.8) is 0 Å². The van der Waals surface area contributed by atoms with Crippen LogP contribution in [0.25, 0.3) is 5.69 Å². The zero-order chi connectivity index (χ0) is 18.2. The number of hydrogen-bond donors (Lipinski definition) is 0. The lowest BCUT2D eigenvalue weighted by Gasteiger charge is -2.32. The first-order valence-corrected chi connectivity index (χ1v) is 8.54. The molecule has 0 radical (unpaired) electrons. The van der Waals surface area contributed by atoms with Gasteiger partial charge in [0, 0.05) is 18.5 Å². The number of rotatable bonds is 2. The van der Waals surface area contributed by atoms with Crippen molar-refractivity contribution in [2.24, 2.45) is 5.41 Å². The molecule has 132 valence electrons. The first-order valence-electron chi connectivity index (χ1n) is 8.54. The van der Waals surface area contributed by atoms with Gasteiger partial charge in [-0.05, 0) is 25.5 Å². The van der Waals surface area contributed by atoms with Gasteiger partial charge in [-0.1, -0.05) is 39.0 Å². The van der Waals surface area contributed by atoms with Gasteiger partial charge in [0.25, 0.3) is 5.91 Å². The van der Waals surface area contributed by atoms with Crippen LogP contribution in [0, 0.1) is 12.3 Å². The molecule has 0 atom stereocenters.